The van der Waals surface area contributed by atoms with Gasteiger partial charge in [-0.2, -0.15) is 0 Å². The fraction of sp³-hybridized carbons (Fsp3) is 1.00. The SMILES string of the molecule is NCCS(=O)(=O)NC1CCS(=O)(=O)CC1. The van der Waals surface area contributed by atoms with E-state index in [1.54, 1.807) is 0 Å². The van der Waals surface area contributed by atoms with E-state index in [4.69, 9.17) is 5.73 Å². The third kappa shape index (κ3) is 4.45. The molecule has 90 valence electrons. The summed E-state index contributed by atoms with van der Waals surface area (Å²) in [6, 6.07) is -0.259. The van der Waals surface area contributed by atoms with Crippen LogP contribution in [0.15, 0.2) is 0 Å². The minimum absolute atomic E-state index is 0.0583. The summed E-state index contributed by atoms with van der Waals surface area (Å²) in [6.45, 7) is 0.0698. The van der Waals surface area contributed by atoms with E-state index in [0.717, 1.165) is 0 Å². The van der Waals surface area contributed by atoms with Gasteiger partial charge >= 0.3 is 0 Å². The minimum Gasteiger partial charge on any atom is -0.329 e. The molecule has 3 N–H and O–H groups in total. The Morgan fingerprint density at radius 2 is 1.80 bits per heavy atom. The van der Waals surface area contributed by atoms with Crippen LogP contribution in [0.3, 0.4) is 0 Å². The van der Waals surface area contributed by atoms with Crippen molar-refractivity contribution >= 4 is 19.9 Å². The summed E-state index contributed by atoms with van der Waals surface area (Å²) in [5, 5.41) is 0. The second-order valence-corrected chi connectivity index (χ2v) is 7.83. The normalized spacial score (nSPS) is 22.7. The number of nitrogens with two attached hydrogens (primary N) is 1. The molecule has 0 aromatic carbocycles. The Bertz CT molecular complexity index is 387. The van der Waals surface area contributed by atoms with Crippen LogP contribution in [-0.4, -0.2) is 46.7 Å². The zero-order valence-corrected chi connectivity index (χ0v) is 9.98. The predicted octanol–water partition coefficient (Wildman–Crippen LogP) is -1.56. The lowest BCUT2D eigenvalue weighted by atomic mass is 10.2. The molecular weight excluding hydrogens is 240 g/mol. The van der Waals surface area contributed by atoms with E-state index in [-0.39, 0.29) is 29.8 Å². The van der Waals surface area contributed by atoms with Crippen LogP contribution in [0.2, 0.25) is 0 Å². The molecule has 0 aromatic rings. The third-order valence-corrected chi connectivity index (χ3v) is 5.47. The molecule has 0 aromatic heterocycles. The van der Waals surface area contributed by atoms with Gasteiger partial charge < -0.3 is 5.73 Å². The van der Waals surface area contributed by atoms with E-state index in [2.05, 4.69) is 4.72 Å². The standard InChI is InChI=1S/C7H16N2O4S2/c8-3-6-15(12,13)9-7-1-4-14(10,11)5-2-7/h7,9H,1-6,8H2. The fourth-order valence-electron chi connectivity index (χ4n) is 1.48. The maximum absolute atomic E-state index is 11.3. The van der Waals surface area contributed by atoms with Crippen LogP contribution in [0.1, 0.15) is 12.8 Å². The molecular formula is C7H16N2O4S2. The van der Waals surface area contributed by atoms with Gasteiger partial charge in [-0.05, 0) is 12.8 Å². The zero-order valence-electron chi connectivity index (χ0n) is 8.35. The van der Waals surface area contributed by atoms with Crippen LogP contribution in [0.5, 0.6) is 0 Å². The molecule has 1 rings (SSSR count). The summed E-state index contributed by atoms with van der Waals surface area (Å²) >= 11 is 0. The summed E-state index contributed by atoms with van der Waals surface area (Å²) < 4.78 is 47.3. The Morgan fingerprint density at radius 3 is 2.27 bits per heavy atom. The third-order valence-electron chi connectivity index (χ3n) is 2.29. The van der Waals surface area contributed by atoms with E-state index < -0.39 is 19.9 Å². The lowest BCUT2D eigenvalue weighted by molar-refractivity contribution is 0.505. The summed E-state index contributed by atoms with van der Waals surface area (Å²) in [5.41, 5.74) is 5.15. The first kappa shape index (κ1) is 12.9. The molecule has 0 bridgehead atoms. The van der Waals surface area contributed by atoms with Crippen molar-refractivity contribution in [3.05, 3.63) is 0 Å². The molecule has 15 heavy (non-hydrogen) atoms. The Labute approximate surface area is 90.2 Å². The molecule has 0 radical (unpaired) electrons. The van der Waals surface area contributed by atoms with E-state index in [9.17, 15) is 16.8 Å². The van der Waals surface area contributed by atoms with Crippen LogP contribution in [0.4, 0.5) is 0 Å². The maximum Gasteiger partial charge on any atom is 0.213 e. The van der Waals surface area contributed by atoms with Crippen molar-refractivity contribution in [2.45, 2.75) is 18.9 Å². The molecule has 0 amide bonds. The van der Waals surface area contributed by atoms with Crippen molar-refractivity contribution in [1.29, 1.82) is 0 Å². The van der Waals surface area contributed by atoms with Gasteiger partial charge in [0, 0.05) is 12.6 Å². The Balaban J connectivity index is 2.49. The molecule has 6 nitrogen and oxygen atoms in total. The van der Waals surface area contributed by atoms with Crippen LogP contribution < -0.4 is 10.5 Å². The number of sulfonamides is 1. The molecule has 1 saturated heterocycles. The second-order valence-electron chi connectivity index (χ2n) is 3.65. The number of rotatable bonds is 4. The zero-order chi connectivity index (χ0) is 11.5. The van der Waals surface area contributed by atoms with Crippen LogP contribution >= 0.6 is 0 Å². The Kier molecular flexibility index (Phi) is 4.10. The van der Waals surface area contributed by atoms with Gasteiger partial charge in [0.15, 0.2) is 0 Å². The molecule has 0 spiro atoms. The monoisotopic (exact) mass is 256 g/mol. The minimum atomic E-state index is -3.34. The summed E-state index contributed by atoms with van der Waals surface area (Å²) in [7, 11) is -6.28. The highest BCUT2D eigenvalue weighted by molar-refractivity contribution is 7.91. The number of sulfone groups is 1. The fourth-order valence-corrected chi connectivity index (χ4v) is 4.14. The second kappa shape index (κ2) is 4.77. The van der Waals surface area contributed by atoms with Crippen LogP contribution in [-0.2, 0) is 19.9 Å². The molecule has 0 aliphatic carbocycles. The van der Waals surface area contributed by atoms with Crippen molar-refractivity contribution in [2.24, 2.45) is 5.73 Å². The quantitative estimate of drug-likeness (QED) is 0.633. The molecule has 8 heteroatoms. The average molecular weight is 256 g/mol. The van der Waals surface area contributed by atoms with Gasteiger partial charge in [0.1, 0.15) is 9.84 Å². The van der Waals surface area contributed by atoms with Crippen molar-refractivity contribution in [2.75, 3.05) is 23.8 Å². The van der Waals surface area contributed by atoms with E-state index >= 15 is 0 Å². The number of hydrogen-bond acceptors (Lipinski definition) is 5. The molecule has 0 saturated carbocycles. The van der Waals surface area contributed by atoms with Gasteiger partial charge in [0.05, 0.1) is 17.3 Å². The smallest absolute Gasteiger partial charge is 0.213 e. The number of hydrogen-bond donors (Lipinski definition) is 2. The largest absolute Gasteiger partial charge is 0.329 e. The van der Waals surface area contributed by atoms with Crippen LogP contribution in [0, 0.1) is 0 Å². The lowest BCUT2D eigenvalue weighted by Crippen LogP contribution is -2.42. The highest BCUT2D eigenvalue weighted by atomic mass is 32.2. The van der Waals surface area contributed by atoms with Gasteiger partial charge in [-0.1, -0.05) is 0 Å². The highest BCUT2D eigenvalue weighted by Crippen LogP contribution is 2.12. The van der Waals surface area contributed by atoms with Crippen molar-refractivity contribution in [3.63, 3.8) is 0 Å². The molecule has 0 unspecified atom stereocenters. The van der Waals surface area contributed by atoms with Crippen molar-refractivity contribution in [1.82, 2.24) is 4.72 Å². The molecule has 0 atom stereocenters. The van der Waals surface area contributed by atoms with Gasteiger partial charge in [-0.25, -0.2) is 21.6 Å². The molecule has 1 aliphatic rings. The predicted molar refractivity (Wildman–Crippen MR) is 57.7 cm³/mol. The van der Waals surface area contributed by atoms with Gasteiger partial charge in [-0.15, -0.1) is 0 Å². The topological polar surface area (TPSA) is 106 Å². The van der Waals surface area contributed by atoms with Crippen LogP contribution in [0.25, 0.3) is 0 Å². The summed E-state index contributed by atoms with van der Waals surface area (Å²) in [5.74, 6) is 0.00186. The first-order valence-electron chi connectivity index (χ1n) is 4.75. The summed E-state index contributed by atoms with van der Waals surface area (Å²) in [6.07, 6.45) is 0.707. The highest BCUT2D eigenvalue weighted by Gasteiger charge is 2.26. The van der Waals surface area contributed by atoms with Gasteiger partial charge in [0.25, 0.3) is 0 Å². The number of nitrogens with one attached hydrogen (secondary N) is 1. The molecule has 1 aliphatic heterocycles. The molecule has 1 heterocycles. The van der Waals surface area contributed by atoms with Crippen molar-refractivity contribution < 1.29 is 16.8 Å². The first-order valence-corrected chi connectivity index (χ1v) is 8.22. The lowest BCUT2D eigenvalue weighted by Gasteiger charge is -2.22. The average Bonchev–Trinajstić information content (AvgIpc) is 2.08. The van der Waals surface area contributed by atoms with E-state index in [1.165, 1.54) is 0 Å². The molecule has 1 fully saturated rings. The Hall–Kier alpha value is -0.180. The summed E-state index contributed by atoms with van der Waals surface area (Å²) in [4.78, 5) is 0. The van der Waals surface area contributed by atoms with Gasteiger partial charge in [0.2, 0.25) is 10.0 Å². The van der Waals surface area contributed by atoms with E-state index in [0.29, 0.717) is 12.8 Å². The first-order chi connectivity index (χ1) is 6.85. The Morgan fingerprint density at radius 1 is 1.27 bits per heavy atom. The van der Waals surface area contributed by atoms with Gasteiger partial charge in [-0.3, -0.25) is 0 Å². The van der Waals surface area contributed by atoms with Crippen molar-refractivity contribution in [3.8, 4) is 0 Å². The van der Waals surface area contributed by atoms with E-state index in [1.807, 2.05) is 0 Å². The maximum atomic E-state index is 11.3.